The monoisotopic (exact) mass is 275 g/mol. The molecular weight excluding hydrogens is 270 g/mol. The fourth-order valence-electron chi connectivity index (χ4n) is 0.894. The summed E-state index contributed by atoms with van der Waals surface area (Å²) in [7, 11) is 0. The fraction of sp³-hybridized carbons (Fsp3) is 0.125. The summed E-state index contributed by atoms with van der Waals surface area (Å²) in [5, 5.41) is 18.9. The minimum Gasteiger partial charge on any atom is -0.479 e. The molecular formula is C8H6BrNO5. The number of nitro benzene ring substituents is 1. The van der Waals surface area contributed by atoms with Crippen LogP contribution < -0.4 is 4.74 Å². The third-order valence-electron chi connectivity index (χ3n) is 1.47. The Kier molecular flexibility index (Phi) is 3.62. The van der Waals surface area contributed by atoms with Crippen molar-refractivity contribution < 1.29 is 19.6 Å². The van der Waals surface area contributed by atoms with E-state index in [-0.39, 0.29) is 11.4 Å². The van der Waals surface area contributed by atoms with Crippen LogP contribution in [-0.4, -0.2) is 22.6 Å². The van der Waals surface area contributed by atoms with Gasteiger partial charge in [-0.15, -0.1) is 0 Å². The maximum atomic E-state index is 10.5. The van der Waals surface area contributed by atoms with Crippen LogP contribution in [0.1, 0.15) is 0 Å². The van der Waals surface area contributed by atoms with Crippen LogP contribution in [0.15, 0.2) is 22.7 Å². The van der Waals surface area contributed by atoms with Gasteiger partial charge in [-0.05, 0) is 6.07 Å². The van der Waals surface area contributed by atoms with E-state index < -0.39 is 17.5 Å². The fourth-order valence-corrected chi connectivity index (χ4v) is 1.23. The number of hydrogen-bond acceptors (Lipinski definition) is 4. The molecule has 7 heteroatoms. The lowest BCUT2D eigenvalue weighted by atomic mass is 10.3. The summed E-state index contributed by atoms with van der Waals surface area (Å²) in [5.74, 6) is -1.26. The molecule has 1 aromatic carbocycles. The predicted octanol–water partition coefficient (Wildman–Crippen LogP) is 1.82. The number of nitrogens with zero attached hydrogens (tertiary/aromatic N) is 1. The number of carboxylic acid groups (broad SMARTS) is 1. The average molecular weight is 276 g/mol. The first kappa shape index (κ1) is 11.4. The molecule has 0 bridgehead atoms. The van der Waals surface area contributed by atoms with Crippen LogP contribution in [0.5, 0.6) is 5.75 Å². The van der Waals surface area contributed by atoms with Crippen molar-refractivity contribution in [3.8, 4) is 5.75 Å². The molecule has 0 unspecified atom stereocenters. The minimum absolute atomic E-state index is 0.0724. The smallest absolute Gasteiger partial charge is 0.341 e. The highest BCUT2D eigenvalue weighted by Crippen LogP contribution is 2.29. The molecule has 1 rings (SSSR count). The van der Waals surface area contributed by atoms with Gasteiger partial charge in [-0.2, -0.15) is 0 Å². The van der Waals surface area contributed by atoms with Crippen LogP contribution >= 0.6 is 15.9 Å². The van der Waals surface area contributed by atoms with Gasteiger partial charge in [0.25, 0.3) is 0 Å². The van der Waals surface area contributed by atoms with Crippen molar-refractivity contribution in [3.63, 3.8) is 0 Å². The zero-order valence-electron chi connectivity index (χ0n) is 7.34. The van der Waals surface area contributed by atoms with Crippen LogP contribution in [0, 0.1) is 10.1 Å². The second-order valence-electron chi connectivity index (χ2n) is 2.55. The van der Waals surface area contributed by atoms with Crippen molar-refractivity contribution >= 4 is 27.6 Å². The Bertz CT molecular complexity index is 406. The largest absolute Gasteiger partial charge is 0.479 e. The van der Waals surface area contributed by atoms with Gasteiger partial charge in [0.15, 0.2) is 12.4 Å². The van der Waals surface area contributed by atoms with Gasteiger partial charge in [0.1, 0.15) is 0 Å². The Morgan fingerprint density at radius 2 is 2.27 bits per heavy atom. The third-order valence-corrected chi connectivity index (χ3v) is 1.96. The molecule has 0 radical (unpaired) electrons. The van der Waals surface area contributed by atoms with E-state index in [1.54, 1.807) is 0 Å². The molecule has 80 valence electrons. The number of carboxylic acids is 1. The molecule has 0 saturated carbocycles. The quantitative estimate of drug-likeness (QED) is 0.669. The number of benzene rings is 1. The predicted molar refractivity (Wildman–Crippen MR) is 53.9 cm³/mol. The molecule has 0 aliphatic rings. The first-order valence-electron chi connectivity index (χ1n) is 3.79. The van der Waals surface area contributed by atoms with Crippen molar-refractivity contribution in [1.29, 1.82) is 0 Å². The number of carbonyl (C=O) groups is 1. The number of rotatable bonds is 4. The maximum Gasteiger partial charge on any atom is 0.341 e. The molecule has 1 aromatic rings. The number of hydrogen-bond donors (Lipinski definition) is 1. The van der Waals surface area contributed by atoms with Crippen LogP contribution in [0.25, 0.3) is 0 Å². The standard InChI is InChI=1S/C8H6BrNO5/c9-5-1-2-6(10(13)14)7(3-5)15-4-8(11)12/h1-3H,4H2,(H,11,12). The number of halogens is 1. The van der Waals surface area contributed by atoms with Crippen molar-refractivity contribution in [3.05, 3.63) is 32.8 Å². The van der Waals surface area contributed by atoms with Gasteiger partial charge < -0.3 is 9.84 Å². The van der Waals surface area contributed by atoms with Crippen LogP contribution in [0.3, 0.4) is 0 Å². The molecule has 0 atom stereocenters. The van der Waals surface area contributed by atoms with Gasteiger partial charge >= 0.3 is 11.7 Å². The van der Waals surface area contributed by atoms with E-state index in [4.69, 9.17) is 9.84 Å². The van der Waals surface area contributed by atoms with Crippen LogP contribution in [0.2, 0.25) is 0 Å². The summed E-state index contributed by atoms with van der Waals surface area (Å²) in [6, 6.07) is 4.06. The lowest BCUT2D eigenvalue weighted by Gasteiger charge is -2.04. The Balaban J connectivity index is 2.96. The molecule has 1 N–H and O–H groups in total. The van der Waals surface area contributed by atoms with Crippen molar-refractivity contribution in [2.75, 3.05) is 6.61 Å². The van der Waals surface area contributed by atoms with E-state index in [0.717, 1.165) is 0 Å². The lowest BCUT2D eigenvalue weighted by Crippen LogP contribution is -2.10. The first-order valence-corrected chi connectivity index (χ1v) is 4.58. The SMILES string of the molecule is O=C(O)COc1cc(Br)ccc1[N+](=O)[O-]. The van der Waals surface area contributed by atoms with E-state index >= 15 is 0 Å². The zero-order chi connectivity index (χ0) is 11.4. The maximum absolute atomic E-state index is 10.5. The number of nitro groups is 1. The van der Waals surface area contributed by atoms with Gasteiger partial charge in [-0.3, -0.25) is 10.1 Å². The van der Waals surface area contributed by atoms with Crippen molar-refractivity contribution in [2.24, 2.45) is 0 Å². The summed E-state index contributed by atoms with van der Waals surface area (Å²) in [4.78, 5) is 20.1. The Morgan fingerprint density at radius 3 is 2.80 bits per heavy atom. The van der Waals surface area contributed by atoms with Gasteiger partial charge in [0.05, 0.1) is 4.92 Å². The second-order valence-corrected chi connectivity index (χ2v) is 3.47. The summed E-state index contributed by atoms with van der Waals surface area (Å²) in [6.45, 7) is -0.614. The number of aliphatic carboxylic acids is 1. The van der Waals surface area contributed by atoms with E-state index in [9.17, 15) is 14.9 Å². The molecule has 0 spiro atoms. The summed E-state index contributed by atoms with van der Waals surface area (Å²) in [6.07, 6.45) is 0. The molecule has 6 nitrogen and oxygen atoms in total. The van der Waals surface area contributed by atoms with E-state index in [1.165, 1.54) is 18.2 Å². The highest BCUT2D eigenvalue weighted by atomic mass is 79.9. The van der Waals surface area contributed by atoms with Crippen LogP contribution in [-0.2, 0) is 4.79 Å². The normalized spacial score (nSPS) is 9.67. The van der Waals surface area contributed by atoms with Gasteiger partial charge in [0, 0.05) is 16.6 Å². The zero-order valence-corrected chi connectivity index (χ0v) is 8.93. The lowest BCUT2D eigenvalue weighted by molar-refractivity contribution is -0.385. The second kappa shape index (κ2) is 4.74. The summed E-state index contributed by atoms with van der Waals surface area (Å²) in [5.41, 5.74) is -0.264. The molecule has 0 fully saturated rings. The molecule has 0 saturated heterocycles. The van der Waals surface area contributed by atoms with E-state index in [2.05, 4.69) is 15.9 Å². The Morgan fingerprint density at radius 1 is 1.60 bits per heavy atom. The first-order chi connectivity index (χ1) is 7.00. The molecule has 15 heavy (non-hydrogen) atoms. The Hall–Kier alpha value is -1.63. The van der Waals surface area contributed by atoms with Gasteiger partial charge in [0.2, 0.25) is 0 Å². The molecule has 0 aliphatic heterocycles. The topological polar surface area (TPSA) is 89.7 Å². The minimum atomic E-state index is -1.19. The molecule has 0 aliphatic carbocycles. The summed E-state index contributed by atoms with van der Waals surface area (Å²) < 4.78 is 5.35. The van der Waals surface area contributed by atoms with Crippen molar-refractivity contribution in [2.45, 2.75) is 0 Å². The van der Waals surface area contributed by atoms with E-state index in [0.29, 0.717) is 4.47 Å². The Labute approximate surface area is 92.8 Å². The molecule has 0 amide bonds. The molecule has 0 heterocycles. The van der Waals surface area contributed by atoms with Gasteiger partial charge in [-0.1, -0.05) is 15.9 Å². The third kappa shape index (κ3) is 3.21. The van der Waals surface area contributed by atoms with Gasteiger partial charge in [-0.25, -0.2) is 4.79 Å². The molecule has 0 aromatic heterocycles. The van der Waals surface area contributed by atoms with E-state index in [1.807, 2.05) is 0 Å². The van der Waals surface area contributed by atoms with Crippen molar-refractivity contribution in [1.82, 2.24) is 0 Å². The highest BCUT2D eigenvalue weighted by molar-refractivity contribution is 9.10. The highest BCUT2D eigenvalue weighted by Gasteiger charge is 2.15. The van der Waals surface area contributed by atoms with Crippen LogP contribution in [0.4, 0.5) is 5.69 Å². The average Bonchev–Trinajstić information content (AvgIpc) is 2.14. The number of ether oxygens (including phenoxy) is 1. The summed E-state index contributed by atoms with van der Waals surface area (Å²) >= 11 is 3.10.